The Labute approximate surface area is 139 Å². The lowest BCUT2D eigenvalue weighted by molar-refractivity contribution is -0.121. The van der Waals surface area contributed by atoms with E-state index in [4.69, 9.17) is 9.47 Å². The Bertz CT molecular complexity index is 734. The monoisotopic (exact) mass is 335 g/mol. The number of benzene rings is 2. The number of carbonyl (C=O) groups excluding carboxylic acids is 1. The Kier molecular flexibility index (Phi) is 5.73. The van der Waals surface area contributed by atoms with Crippen LogP contribution in [-0.4, -0.2) is 20.1 Å². The van der Waals surface area contributed by atoms with Gasteiger partial charge in [0.05, 0.1) is 26.7 Å². The van der Waals surface area contributed by atoms with E-state index < -0.39 is 11.6 Å². The van der Waals surface area contributed by atoms with Gasteiger partial charge in [-0.3, -0.25) is 4.79 Å². The maximum atomic E-state index is 13.7. The highest BCUT2D eigenvalue weighted by Crippen LogP contribution is 2.22. The molecule has 2 rings (SSSR count). The third-order valence-corrected chi connectivity index (χ3v) is 3.63. The van der Waals surface area contributed by atoms with Crippen molar-refractivity contribution in [2.45, 2.75) is 19.4 Å². The number of rotatable bonds is 6. The molecule has 2 aromatic rings. The summed E-state index contributed by atoms with van der Waals surface area (Å²) in [6, 6.07) is 8.47. The molecule has 2 aromatic carbocycles. The van der Waals surface area contributed by atoms with Crippen LogP contribution in [-0.2, 0) is 11.2 Å². The second kappa shape index (κ2) is 7.77. The van der Waals surface area contributed by atoms with Gasteiger partial charge in [-0.25, -0.2) is 8.78 Å². The molecule has 0 bridgehead atoms. The minimum absolute atomic E-state index is 0.0177. The number of methoxy groups -OCH3 is 2. The molecule has 0 spiro atoms. The Balaban J connectivity index is 2.01. The van der Waals surface area contributed by atoms with Gasteiger partial charge in [-0.15, -0.1) is 0 Å². The molecule has 0 aromatic heterocycles. The molecule has 0 aliphatic carbocycles. The van der Waals surface area contributed by atoms with E-state index in [1.54, 1.807) is 19.1 Å². The average molecular weight is 335 g/mol. The molecule has 24 heavy (non-hydrogen) atoms. The zero-order chi connectivity index (χ0) is 17.7. The van der Waals surface area contributed by atoms with Gasteiger partial charge in [0.15, 0.2) is 23.1 Å². The van der Waals surface area contributed by atoms with Gasteiger partial charge < -0.3 is 14.8 Å². The SMILES string of the molecule is COc1ccc(CC(=O)N[C@H](C)c2ccc(OC)c(F)c2)cc1F. The highest BCUT2D eigenvalue weighted by atomic mass is 19.1. The Hall–Kier alpha value is -2.63. The molecule has 0 saturated carbocycles. The van der Waals surface area contributed by atoms with E-state index in [1.807, 2.05) is 0 Å². The maximum Gasteiger partial charge on any atom is 0.224 e. The number of halogens is 2. The van der Waals surface area contributed by atoms with Crippen molar-refractivity contribution in [3.63, 3.8) is 0 Å². The summed E-state index contributed by atoms with van der Waals surface area (Å²) in [5, 5.41) is 2.76. The second-order valence-electron chi connectivity index (χ2n) is 5.33. The van der Waals surface area contributed by atoms with Crippen LogP contribution in [0, 0.1) is 11.6 Å². The highest BCUT2D eigenvalue weighted by molar-refractivity contribution is 5.79. The minimum Gasteiger partial charge on any atom is -0.494 e. The van der Waals surface area contributed by atoms with E-state index >= 15 is 0 Å². The van der Waals surface area contributed by atoms with Crippen LogP contribution in [0.2, 0.25) is 0 Å². The zero-order valence-electron chi connectivity index (χ0n) is 13.7. The van der Waals surface area contributed by atoms with Crippen molar-refractivity contribution in [2.75, 3.05) is 14.2 Å². The Morgan fingerprint density at radius 1 is 1.04 bits per heavy atom. The Morgan fingerprint density at radius 2 is 1.62 bits per heavy atom. The lowest BCUT2D eigenvalue weighted by Gasteiger charge is -2.15. The third-order valence-electron chi connectivity index (χ3n) is 3.63. The van der Waals surface area contributed by atoms with E-state index in [9.17, 15) is 13.6 Å². The van der Waals surface area contributed by atoms with Crippen LogP contribution in [0.5, 0.6) is 11.5 Å². The summed E-state index contributed by atoms with van der Waals surface area (Å²) >= 11 is 0. The van der Waals surface area contributed by atoms with Gasteiger partial charge in [-0.1, -0.05) is 12.1 Å². The van der Waals surface area contributed by atoms with Crippen molar-refractivity contribution in [2.24, 2.45) is 0 Å². The average Bonchev–Trinajstić information content (AvgIpc) is 2.54. The number of ether oxygens (including phenoxy) is 2. The summed E-state index contributed by atoms with van der Waals surface area (Å²) in [6.07, 6.45) is 0.0177. The van der Waals surface area contributed by atoms with Crippen LogP contribution in [0.4, 0.5) is 8.78 Å². The molecule has 0 radical (unpaired) electrons. The topological polar surface area (TPSA) is 47.6 Å². The standard InChI is InChI=1S/C18H19F2NO3/c1-11(13-5-7-17(24-3)15(20)10-13)21-18(22)9-12-4-6-16(23-2)14(19)8-12/h4-8,10-11H,9H2,1-3H3,(H,21,22)/t11-/m1/s1. The molecule has 0 fully saturated rings. The Morgan fingerprint density at radius 3 is 2.17 bits per heavy atom. The van der Waals surface area contributed by atoms with Crippen molar-refractivity contribution in [1.82, 2.24) is 5.32 Å². The number of carbonyl (C=O) groups is 1. The van der Waals surface area contributed by atoms with E-state index in [0.717, 1.165) is 0 Å². The van der Waals surface area contributed by atoms with Crippen molar-refractivity contribution in [3.05, 3.63) is 59.2 Å². The number of hydrogen-bond acceptors (Lipinski definition) is 3. The molecule has 4 nitrogen and oxygen atoms in total. The molecule has 6 heteroatoms. The van der Waals surface area contributed by atoms with Crippen LogP contribution in [0.15, 0.2) is 36.4 Å². The number of hydrogen-bond donors (Lipinski definition) is 1. The van der Waals surface area contributed by atoms with Crippen LogP contribution < -0.4 is 14.8 Å². The summed E-state index contributed by atoms with van der Waals surface area (Å²) in [5.74, 6) is -1.03. The quantitative estimate of drug-likeness (QED) is 0.880. The fourth-order valence-corrected chi connectivity index (χ4v) is 2.33. The predicted molar refractivity (Wildman–Crippen MR) is 86.2 cm³/mol. The van der Waals surface area contributed by atoms with Crippen molar-refractivity contribution in [1.29, 1.82) is 0 Å². The fourth-order valence-electron chi connectivity index (χ4n) is 2.33. The zero-order valence-corrected chi connectivity index (χ0v) is 13.7. The molecule has 0 unspecified atom stereocenters. The summed E-state index contributed by atoms with van der Waals surface area (Å²) in [5.41, 5.74) is 1.14. The molecule has 1 N–H and O–H groups in total. The highest BCUT2D eigenvalue weighted by Gasteiger charge is 2.13. The molecular weight excluding hydrogens is 316 g/mol. The second-order valence-corrected chi connectivity index (χ2v) is 5.33. The first-order valence-corrected chi connectivity index (χ1v) is 7.39. The van der Waals surface area contributed by atoms with Gasteiger partial charge in [0, 0.05) is 0 Å². The molecule has 0 aliphatic heterocycles. The molecule has 128 valence electrons. The number of nitrogens with one attached hydrogen (secondary N) is 1. The van der Waals surface area contributed by atoms with Crippen molar-refractivity contribution < 1.29 is 23.0 Å². The van der Waals surface area contributed by atoms with Crippen molar-refractivity contribution >= 4 is 5.91 Å². The molecular formula is C18H19F2NO3. The van der Waals surface area contributed by atoms with Gasteiger partial charge in [0.1, 0.15) is 0 Å². The van der Waals surface area contributed by atoms with E-state index in [0.29, 0.717) is 11.1 Å². The molecule has 1 amide bonds. The summed E-state index contributed by atoms with van der Waals surface area (Å²) in [7, 11) is 2.76. The van der Waals surface area contributed by atoms with Crippen molar-refractivity contribution in [3.8, 4) is 11.5 Å². The predicted octanol–water partition coefficient (Wildman–Crippen LogP) is 3.40. The van der Waals surface area contributed by atoms with Gasteiger partial charge in [0.25, 0.3) is 0 Å². The molecule has 0 heterocycles. The van der Waals surface area contributed by atoms with E-state index in [-0.39, 0.29) is 29.9 Å². The minimum atomic E-state index is -0.520. The van der Waals surface area contributed by atoms with Gasteiger partial charge >= 0.3 is 0 Å². The van der Waals surface area contributed by atoms with Crippen LogP contribution in [0.25, 0.3) is 0 Å². The molecule has 0 aliphatic rings. The maximum absolute atomic E-state index is 13.7. The lowest BCUT2D eigenvalue weighted by Crippen LogP contribution is -2.28. The first-order chi connectivity index (χ1) is 11.4. The van der Waals surface area contributed by atoms with Gasteiger partial charge in [-0.05, 0) is 42.3 Å². The van der Waals surface area contributed by atoms with Gasteiger partial charge in [-0.2, -0.15) is 0 Å². The van der Waals surface area contributed by atoms with Gasteiger partial charge in [0.2, 0.25) is 5.91 Å². The first kappa shape index (κ1) is 17.7. The van der Waals surface area contributed by atoms with E-state index in [2.05, 4.69) is 5.32 Å². The lowest BCUT2D eigenvalue weighted by atomic mass is 10.1. The smallest absolute Gasteiger partial charge is 0.224 e. The fraction of sp³-hybridized carbons (Fsp3) is 0.278. The first-order valence-electron chi connectivity index (χ1n) is 7.39. The largest absolute Gasteiger partial charge is 0.494 e. The molecule has 0 saturated heterocycles. The third kappa shape index (κ3) is 4.22. The summed E-state index contributed by atoms with van der Waals surface area (Å²) in [4.78, 5) is 12.1. The summed E-state index contributed by atoms with van der Waals surface area (Å²) < 4.78 is 37.1. The summed E-state index contributed by atoms with van der Waals surface area (Å²) in [6.45, 7) is 1.74. The van der Waals surface area contributed by atoms with Crippen LogP contribution in [0.1, 0.15) is 24.1 Å². The van der Waals surface area contributed by atoms with Crippen LogP contribution >= 0.6 is 0 Å². The van der Waals surface area contributed by atoms with E-state index in [1.165, 1.54) is 38.5 Å². The normalized spacial score (nSPS) is 11.7. The molecule has 1 atom stereocenters. The van der Waals surface area contributed by atoms with Crippen LogP contribution in [0.3, 0.4) is 0 Å². The number of amides is 1.